The zero-order valence-corrected chi connectivity index (χ0v) is 17.0. The van der Waals surface area contributed by atoms with Crippen LogP contribution in [0.15, 0.2) is 59.5 Å². The Morgan fingerprint density at radius 3 is 2.17 bits per heavy atom. The number of amides is 1. The molecule has 2 aromatic rings. The van der Waals surface area contributed by atoms with E-state index in [1.165, 1.54) is 35.5 Å². The Bertz CT molecular complexity index is 983. The Kier molecular flexibility index (Phi) is 6.04. The van der Waals surface area contributed by atoms with Crippen LogP contribution in [0.3, 0.4) is 0 Å². The number of carbonyl (C=O) groups is 2. The Hall–Kier alpha value is -2.71. The minimum Gasteiger partial charge on any atom is -0.481 e. The van der Waals surface area contributed by atoms with Gasteiger partial charge in [-0.25, -0.2) is 8.42 Å². The minimum absolute atomic E-state index is 0.178. The van der Waals surface area contributed by atoms with E-state index in [0.29, 0.717) is 24.3 Å². The summed E-state index contributed by atoms with van der Waals surface area (Å²) >= 11 is 0. The van der Waals surface area contributed by atoms with Crippen molar-refractivity contribution < 1.29 is 23.1 Å². The maximum absolute atomic E-state index is 12.6. The summed E-state index contributed by atoms with van der Waals surface area (Å²) in [5.41, 5.74) is -0.421. The number of nitrogens with one attached hydrogen (secondary N) is 1. The Balaban J connectivity index is 1.71. The second-order valence-electron chi connectivity index (χ2n) is 7.36. The number of aliphatic carboxylic acids is 1. The third-order valence-electron chi connectivity index (χ3n) is 5.24. The summed E-state index contributed by atoms with van der Waals surface area (Å²) in [4.78, 5) is 24.5. The van der Waals surface area contributed by atoms with E-state index in [-0.39, 0.29) is 11.3 Å². The quantitative estimate of drug-likeness (QED) is 0.722. The fourth-order valence-corrected chi connectivity index (χ4v) is 4.94. The van der Waals surface area contributed by atoms with Crippen molar-refractivity contribution in [3.8, 4) is 0 Å². The molecule has 1 fully saturated rings. The van der Waals surface area contributed by atoms with Gasteiger partial charge in [-0.2, -0.15) is 4.31 Å². The van der Waals surface area contributed by atoms with E-state index in [1.807, 2.05) is 0 Å². The molecule has 0 radical (unpaired) electrons. The Morgan fingerprint density at radius 1 is 1.03 bits per heavy atom. The summed E-state index contributed by atoms with van der Waals surface area (Å²) in [5, 5.41) is 12.3. The predicted octanol–water partition coefficient (Wildman–Crippen LogP) is 2.84. The number of anilines is 1. The number of rotatable bonds is 7. The molecule has 2 N–H and O–H groups in total. The van der Waals surface area contributed by atoms with Gasteiger partial charge in [0.25, 0.3) is 0 Å². The lowest BCUT2D eigenvalue weighted by atomic mass is 9.79. The first-order valence-corrected chi connectivity index (χ1v) is 10.9. The molecule has 1 atom stereocenters. The van der Waals surface area contributed by atoms with Gasteiger partial charge >= 0.3 is 5.97 Å². The summed E-state index contributed by atoms with van der Waals surface area (Å²) in [6.07, 6.45) is 1.47. The summed E-state index contributed by atoms with van der Waals surface area (Å²) in [6, 6.07) is 14.5. The maximum Gasteiger partial charge on any atom is 0.314 e. The molecule has 1 heterocycles. The highest BCUT2D eigenvalue weighted by Gasteiger charge is 2.37. The lowest BCUT2D eigenvalue weighted by Gasteiger charge is -2.24. The average Bonchev–Trinajstić information content (AvgIpc) is 3.24. The molecule has 0 spiro atoms. The monoisotopic (exact) mass is 416 g/mol. The molecular formula is C21H24N2O5S. The Labute approximate surface area is 170 Å². The van der Waals surface area contributed by atoms with Crippen molar-refractivity contribution in [3.63, 3.8) is 0 Å². The average molecular weight is 416 g/mol. The van der Waals surface area contributed by atoms with Crippen LogP contribution in [0.4, 0.5) is 5.69 Å². The van der Waals surface area contributed by atoms with Crippen molar-refractivity contribution in [1.82, 2.24) is 4.31 Å². The molecule has 0 aromatic heterocycles. The first-order chi connectivity index (χ1) is 13.7. The molecule has 2 aromatic carbocycles. The van der Waals surface area contributed by atoms with Gasteiger partial charge in [-0.15, -0.1) is 0 Å². The number of hydrogen-bond acceptors (Lipinski definition) is 4. The molecular weight excluding hydrogens is 392 g/mol. The van der Waals surface area contributed by atoms with E-state index in [2.05, 4.69) is 5.32 Å². The molecule has 0 unspecified atom stereocenters. The van der Waals surface area contributed by atoms with Gasteiger partial charge in [-0.05, 0) is 49.6 Å². The Morgan fingerprint density at radius 2 is 1.62 bits per heavy atom. The summed E-state index contributed by atoms with van der Waals surface area (Å²) in [7, 11) is -3.52. The number of carboxylic acid groups (broad SMARTS) is 1. The normalized spacial score (nSPS) is 16.9. The third kappa shape index (κ3) is 4.49. The van der Waals surface area contributed by atoms with Gasteiger partial charge < -0.3 is 10.4 Å². The molecule has 1 amide bonds. The highest BCUT2D eigenvalue weighted by atomic mass is 32.2. The SMILES string of the molecule is C[C@@](CC(=O)Nc1ccc(S(=O)(=O)N2CCCC2)cc1)(C(=O)O)c1ccccc1. The van der Waals surface area contributed by atoms with Crippen LogP contribution in [-0.2, 0) is 25.0 Å². The van der Waals surface area contributed by atoms with E-state index in [4.69, 9.17) is 0 Å². The zero-order valence-electron chi connectivity index (χ0n) is 16.2. The number of benzene rings is 2. The molecule has 7 nitrogen and oxygen atoms in total. The van der Waals surface area contributed by atoms with Gasteiger partial charge in [0.1, 0.15) is 0 Å². The molecule has 29 heavy (non-hydrogen) atoms. The first-order valence-electron chi connectivity index (χ1n) is 9.42. The third-order valence-corrected chi connectivity index (χ3v) is 7.15. The van der Waals surface area contributed by atoms with Gasteiger partial charge in [0.15, 0.2) is 0 Å². The number of sulfonamides is 1. The molecule has 1 saturated heterocycles. The van der Waals surface area contributed by atoms with Gasteiger partial charge in [0.2, 0.25) is 15.9 Å². The molecule has 8 heteroatoms. The summed E-state index contributed by atoms with van der Waals surface area (Å²) in [6.45, 7) is 2.55. The van der Waals surface area contributed by atoms with Crippen LogP contribution in [0.1, 0.15) is 31.7 Å². The minimum atomic E-state index is -3.52. The zero-order chi connectivity index (χ0) is 21.1. The van der Waals surface area contributed by atoms with E-state index < -0.39 is 27.3 Å². The largest absolute Gasteiger partial charge is 0.481 e. The molecule has 1 aliphatic heterocycles. The molecule has 0 saturated carbocycles. The van der Waals surface area contributed by atoms with E-state index in [9.17, 15) is 23.1 Å². The number of carboxylic acids is 1. The fraction of sp³-hybridized carbons (Fsp3) is 0.333. The number of nitrogens with zero attached hydrogens (tertiary/aromatic N) is 1. The van der Waals surface area contributed by atoms with E-state index >= 15 is 0 Å². The van der Waals surface area contributed by atoms with Crippen molar-refractivity contribution in [2.75, 3.05) is 18.4 Å². The first kappa shape index (κ1) is 21.0. The van der Waals surface area contributed by atoms with Crippen LogP contribution in [0.2, 0.25) is 0 Å². The smallest absolute Gasteiger partial charge is 0.314 e. The van der Waals surface area contributed by atoms with Crippen LogP contribution in [-0.4, -0.2) is 42.8 Å². The van der Waals surface area contributed by atoms with Crippen molar-refractivity contribution in [2.24, 2.45) is 0 Å². The summed E-state index contributed by atoms with van der Waals surface area (Å²) < 4.78 is 26.6. The van der Waals surface area contributed by atoms with Gasteiger partial charge in [-0.3, -0.25) is 9.59 Å². The van der Waals surface area contributed by atoms with Gasteiger partial charge in [0, 0.05) is 25.2 Å². The molecule has 154 valence electrons. The fourth-order valence-electron chi connectivity index (χ4n) is 3.42. The van der Waals surface area contributed by atoms with Crippen molar-refractivity contribution in [1.29, 1.82) is 0 Å². The van der Waals surface area contributed by atoms with E-state index in [1.54, 1.807) is 30.3 Å². The lowest BCUT2D eigenvalue weighted by molar-refractivity contribution is -0.145. The van der Waals surface area contributed by atoms with Crippen LogP contribution >= 0.6 is 0 Å². The standard InChI is InChI=1S/C21H24N2O5S/c1-21(20(25)26,16-7-3-2-4-8-16)15-19(24)22-17-9-11-18(12-10-17)29(27,28)23-13-5-6-14-23/h2-4,7-12H,5-6,13-15H2,1H3,(H,22,24)(H,25,26)/t21-/m0/s1. The highest BCUT2D eigenvalue weighted by Crippen LogP contribution is 2.29. The summed E-state index contributed by atoms with van der Waals surface area (Å²) in [5.74, 6) is -1.56. The molecule has 0 bridgehead atoms. The lowest BCUT2D eigenvalue weighted by Crippen LogP contribution is -2.36. The van der Waals surface area contributed by atoms with E-state index in [0.717, 1.165) is 12.8 Å². The van der Waals surface area contributed by atoms with Crippen molar-refractivity contribution in [3.05, 3.63) is 60.2 Å². The van der Waals surface area contributed by atoms with Gasteiger partial charge in [0.05, 0.1) is 10.3 Å². The van der Waals surface area contributed by atoms with Crippen molar-refractivity contribution in [2.45, 2.75) is 36.5 Å². The second kappa shape index (κ2) is 8.34. The number of hydrogen-bond donors (Lipinski definition) is 2. The molecule has 3 rings (SSSR count). The molecule has 1 aliphatic rings. The number of carbonyl (C=O) groups excluding carboxylic acids is 1. The van der Waals surface area contributed by atoms with Crippen LogP contribution < -0.4 is 5.32 Å². The van der Waals surface area contributed by atoms with Crippen LogP contribution in [0, 0.1) is 0 Å². The van der Waals surface area contributed by atoms with Crippen LogP contribution in [0.25, 0.3) is 0 Å². The van der Waals surface area contributed by atoms with Crippen molar-refractivity contribution >= 4 is 27.6 Å². The topological polar surface area (TPSA) is 104 Å². The second-order valence-corrected chi connectivity index (χ2v) is 9.30. The molecule has 0 aliphatic carbocycles. The maximum atomic E-state index is 12.6. The van der Waals surface area contributed by atoms with Crippen LogP contribution in [0.5, 0.6) is 0 Å². The van der Waals surface area contributed by atoms with Gasteiger partial charge in [-0.1, -0.05) is 30.3 Å². The highest BCUT2D eigenvalue weighted by molar-refractivity contribution is 7.89. The predicted molar refractivity (Wildman–Crippen MR) is 109 cm³/mol.